The highest BCUT2D eigenvalue weighted by atomic mass is 16.2. The molecule has 2 aromatic rings. The molecule has 1 aromatic carbocycles. The number of carbonyl (C=O) groups is 2. The van der Waals surface area contributed by atoms with Crippen molar-refractivity contribution >= 4 is 17.5 Å². The van der Waals surface area contributed by atoms with Crippen LogP contribution in [0.4, 0.5) is 5.69 Å². The molecule has 0 aliphatic heterocycles. The second-order valence-corrected chi connectivity index (χ2v) is 4.08. The van der Waals surface area contributed by atoms with E-state index in [1.165, 1.54) is 0 Å². The van der Waals surface area contributed by atoms with Crippen LogP contribution in [0.15, 0.2) is 24.3 Å². The Balaban J connectivity index is 2.08. The Morgan fingerprint density at radius 3 is 2.85 bits per heavy atom. The van der Waals surface area contributed by atoms with E-state index < -0.39 is 17.9 Å². The van der Waals surface area contributed by atoms with Crippen molar-refractivity contribution in [3.05, 3.63) is 24.3 Å². The van der Waals surface area contributed by atoms with Crippen molar-refractivity contribution in [3.63, 3.8) is 0 Å². The van der Waals surface area contributed by atoms with Crippen LogP contribution in [0.2, 0.25) is 0 Å². The van der Waals surface area contributed by atoms with Crippen molar-refractivity contribution in [1.29, 1.82) is 0 Å². The number of amides is 2. The van der Waals surface area contributed by atoms with Crippen LogP contribution in [0.1, 0.15) is 6.42 Å². The van der Waals surface area contributed by atoms with Gasteiger partial charge in [-0.25, -0.2) is 0 Å². The molecule has 20 heavy (non-hydrogen) atoms. The number of benzene rings is 1. The van der Waals surface area contributed by atoms with E-state index in [0.29, 0.717) is 17.1 Å². The molecule has 104 valence electrons. The summed E-state index contributed by atoms with van der Waals surface area (Å²) in [6, 6.07) is 5.85. The molecule has 0 radical (unpaired) electrons. The number of carbonyl (C=O) groups excluding carboxylic acids is 2. The monoisotopic (exact) mass is 275 g/mol. The summed E-state index contributed by atoms with van der Waals surface area (Å²) in [5.74, 6) is -0.718. The molecule has 1 atom stereocenters. The van der Waals surface area contributed by atoms with Gasteiger partial charge >= 0.3 is 0 Å². The maximum Gasteiger partial charge on any atom is 0.241 e. The smallest absolute Gasteiger partial charge is 0.241 e. The lowest BCUT2D eigenvalue weighted by atomic mass is 10.1. The van der Waals surface area contributed by atoms with E-state index in [1.807, 2.05) is 0 Å². The van der Waals surface area contributed by atoms with Crippen molar-refractivity contribution in [2.24, 2.45) is 11.5 Å². The van der Waals surface area contributed by atoms with Gasteiger partial charge in [0.05, 0.1) is 12.5 Å². The number of primary amides is 1. The molecule has 0 spiro atoms. The minimum atomic E-state index is -0.985. The number of H-pyrrole nitrogens is 1. The predicted octanol–water partition coefficient (Wildman–Crippen LogP) is -0.992. The van der Waals surface area contributed by atoms with Gasteiger partial charge in [0.2, 0.25) is 17.6 Å². The van der Waals surface area contributed by atoms with E-state index in [4.69, 9.17) is 11.5 Å². The van der Waals surface area contributed by atoms with Gasteiger partial charge in [-0.2, -0.15) is 5.21 Å². The average Bonchev–Trinajstić information content (AvgIpc) is 2.92. The first-order valence-electron chi connectivity index (χ1n) is 5.75. The molecule has 1 heterocycles. The zero-order chi connectivity index (χ0) is 14.5. The molecule has 0 bridgehead atoms. The molecule has 0 saturated carbocycles. The maximum absolute atomic E-state index is 11.8. The number of nitrogens with zero attached hydrogens (tertiary/aromatic N) is 3. The van der Waals surface area contributed by atoms with Crippen LogP contribution in [-0.2, 0) is 9.59 Å². The van der Waals surface area contributed by atoms with Crippen LogP contribution < -0.4 is 16.8 Å². The summed E-state index contributed by atoms with van der Waals surface area (Å²) in [5, 5.41) is 16.1. The Morgan fingerprint density at radius 2 is 2.20 bits per heavy atom. The third-order valence-electron chi connectivity index (χ3n) is 2.49. The number of nitrogens with one attached hydrogen (secondary N) is 2. The van der Waals surface area contributed by atoms with Crippen molar-refractivity contribution in [1.82, 2.24) is 20.6 Å². The number of rotatable bonds is 5. The zero-order valence-corrected chi connectivity index (χ0v) is 10.4. The highest BCUT2D eigenvalue weighted by Gasteiger charge is 2.16. The number of aromatic amines is 1. The standard InChI is InChI=1S/C11H13N7O2/c12-8(5-9(13)19)11(20)14-7-3-1-2-6(4-7)10-15-17-18-16-10/h1-4,8H,5,12H2,(H2,13,19)(H,14,20)(H,15,16,17,18). The summed E-state index contributed by atoms with van der Waals surface area (Å²) >= 11 is 0. The highest BCUT2D eigenvalue weighted by molar-refractivity contribution is 5.97. The van der Waals surface area contributed by atoms with Gasteiger partial charge in [0.1, 0.15) is 0 Å². The fourth-order valence-electron chi connectivity index (χ4n) is 1.56. The highest BCUT2D eigenvalue weighted by Crippen LogP contribution is 2.18. The van der Waals surface area contributed by atoms with E-state index in [0.717, 1.165) is 0 Å². The van der Waals surface area contributed by atoms with Crippen LogP contribution in [0.3, 0.4) is 0 Å². The van der Waals surface area contributed by atoms with Crippen LogP contribution in [-0.4, -0.2) is 38.5 Å². The van der Waals surface area contributed by atoms with Gasteiger partial charge in [0.15, 0.2) is 0 Å². The third-order valence-corrected chi connectivity index (χ3v) is 2.49. The van der Waals surface area contributed by atoms with E-state index in [1.54, 1.807) is 24.3 Å². The second kappa shape index (κ2) is 5.89. The summed E-state index contributed by atoms with van der Waals surface area (Å²) in [5.41, 5.74) is 11.7. The van der Waals surface area contributed by atoms with Crippen LogP contribution in [0.5, 0.6) is 0 Å². The largest absolute Gasteiger partial charge is 0.370 e. The molecule has 9 heteroatoms. The quantitative estimate of drug-likeness (QED) is 0.549. The first kappa shape index (κ1) is 13.6. The van der Waals surface area contributed by atoms with Gasteiger partial charge in [-0.1, -0.05) is 12.1 Å². The first-order valence-corrected chi connectivity index (χ1v) is 5.75. The van der Waals surface area contributed by atoms with Gasteiger partial charge in [0.25, 0.3) is 0 Å². The molecule has 0 aliphatic rings. The van der Waals surface area contributed by atoms with Crippen LogP contribution in [0, 0.1) is 0 Å². The van der Waals surface area contributed by atoms with Gasteiger partial charge in [-0.05, 0) is 17.3 Å². The summed E-state index contributed by atoms with van der Waals surface area (Å²) in [6.07, 6.45) is -0.212. The Bertz CT molecular complexity index is 611. The molecule has 2 rings (SSSR count). The summed E-state index contributed by atoms with van der Waals surface area (Å²) < 4.78 is 0. The second-order valence-electron chi connectivity index (χ2n) is 4.08. The van der Waals surface area contributed by atoms with Crippen LogP contribution in [0.25, 0.3) is 11.4 Å². The SMILES string of the molecule is NC(=O)CC(N)C(=O)Nc1cccc(-c2nn[nH]n2)c1. The van der Waals surface area contributed by atoms with Gasteiger partial charge in [0, 0.05) is 11.3 Å². The molecule has 1 unspecified atom stereocenters. The summed E-state index contributed by atoms with van der Waals surface area (Å²) in [6.45, 7) is 0. The van der Waals surface area contributed by atoms with E-state index in [9.17, 15) is 9.59 Å². The minimum absolute atomic E-state index is 0.212. The molecule has 0 aliphatic carbocycles. The summed E-state index contributed by atoms with van der Waals surface area (Å²) in [4.78, 5) is 22.5. The normalized spacial score (nSPS) is 11.8. The molecular weight excluding hydrogens is 262 g/mol. The molecule has 9 nitrogen and oxygen atoms in total. The number of hydrogen-bond acceptors (Lipinski definition) is 6. The van der Waals surface area contributed by atoms with Crippen LogP contribution >= 0.6 is 0 Å². The number of tetrazole rings is 1. The lowest BCUT2D eigenvalue weighted by Gasteiger charge is -2.10. The zero-order valence-electron chi connectivity index (χ0n) is 10.4. The summed E-state index contributed by atoms with van der Waals surface area (Å²) in [7, 11) is 0. The number of nitrogens with two attached hydrogens (primary N) is 2. The van der Waals surface area contributed by atoms with E-state index in [2.05, 4.69) is 25.9 Å². The fraction of sp³-hybridized carbons (Fsp3) is 0.182. The first-order chi connectivity index (χ1) is 9.56. The van der Waals surface area contributed by atoms with E-state index >= 15 is 0 Å². The number of hydrogen-bond donors (Lipinski definition) is 4. The third kappa shape index (κ3) is 3.36. The van der Waals surface area contributed by atoms with Gasteiger partial charge in [-0.3, -0.25) is 9.59 Å². The number of aromatic nitrogens is 4. The molecule has 0 saturated heterocycles. The van der Waals surface area contributed by atoms with Crippen molar-refractivity contribution in [3.8, 4) is 11.4 Å². The Labute approximate surface area is 113 Å². The Kier molecular flexibility index (Phi) is 4.01. The van der Waals surface area contributed by atoms with Crippen molar-refractivity contribution < 1.29 is 9.59 Å². The van der Waals surface area contributed by atoms with Crippen molar-refractivity contribution in [2.75, 3.05) is 5.32 Å². The lowest BCUT2D eigenvalue weighted by Crippen LogP contribution is -2.38. The molecule has 2 amide bonds. The van der Waals surface area contributed by atoms with Crippen molar-refractivity contribution in [2.45, 2.75) is 12.5 Å². The lowest BCUT2D eigenvalue weighted by molar-refractivity contribution is -0.123. The Hall–Kier alpha value is -2.81. The molecular formula is C11H13N7O2. The maximum atomic E-state index is 11.8. The van der Waals surface area contributed by atoms with E-state index in [-0.39, 0.29) is 6.42 Å². The van der Waals surface area contributed by atoms with Gasteiger partial charge in [-0.15, -0.1) is 10.2 Å². The average molecular weight is 275 g/mol. The molecule has 0 fully saturated rings. The van der Waals surface area contributed by atoms with Gasteiger partial charge < -0.3 is 16.8 Å². The molecule has 1 aromatic heterocycles. The minimum Gasteiger partial charge on any atom is -0.370 e. The molecule has 6 N–H and O–H groups in total. The fourth-order valence-corrected chi connectivity index (χ4v) is 1.56. The topological polar surface area (TPSA) is 153 Å². The predicted molar refractivity (Wildman–Crippen MR) is 70.0 cm³/mol. The Morgan fingerprint density at radius 1 is 1.40 bits per heavy atom. The number of anilines is 1.